The van der Waals surface area contributed by atoms with Crippen molar-refractivity contribution in [3.63, 3.8) is 0 Å². The zero-order valence-corrected chi connectivity index (χ0v) is 13.3. The minimum atomic E-state index is -3.13. The molecule has 1 fully saturated rings. The molecule has 0 atom stereocenters. The average molecular weight is 346 g/mol. The lowest BCUT2D eigenvalue weighted by Crippen LogP contribution is -2.28. The standard InChI is InChI=1S/C14H20BrNO2S/c15-12-6-8-14(9-7-12)19(17,18)11-3-10-16-13-4-1-2-5-13/h6-9,13,16H,1-5,10-11H2. The maximum atomic E-state index is 12.1. The zero-order chi connectivity index (χ0) is 13.7. The molecule has 0 amide bonds. The summed E-state index contributed by atoms with van der Waals surface area (Å²) < 4.78 is 25.1. The number of hydrogen-bond acceptors (Lipinski definition) is 3. The minimum Gasteiger partial charge on any atom is -0.314 e. The molecule has 0 radical (unpaired) electrons. The van der Waals surface area contributed by atoms with Gasteiger partial charge in [-0.2, -0.15) is 0 Å². The highest BCUT2D eigenvalue weighted by Crippen LogP contribution is 2.18. The molecule has 1 aromatic carbocycles. The van der Waals surface area contributed by atoms with Crippen LogP contribution in [0.5, 0.6) is 0 Å². The van der Waals surface area contributed by atoms with E-state index in [1.165, 1.54) is 25.7 Å². The van der Waals surface area contributed by atoms with Crippen molar-refractivity contribution in [2.45, 2.75) is 43.0 Å². The molecule has 0 unspecified atom stereocenters. The van der Waals surface area contributed by atoms with Crippen molar-refractivity contribution >= 4 is 25.8 Å². The molecule has 1 aliphatic carbocycles. The van der Waals surface area contributed by atoms with Crippen LogP contribution in [-0.2, 0) is 9.84 Å². The third kappa shape index (κ3) is 4.58. The van der Waals surface area contributed by atoms with E-state index in [0.29, 0.717) is 17.4 Å². The van der Waals surface area contributed by atoms with Gasteiger partial charge in [0.2, 0.25) is 0 Å². The van der Waals surface area contributed by atoms with Crippen molar-refractivity contribution in [1.82, 2.24) is 5.32 Å². The van der Waals surface area contributed by atoms with E-state index in [1.54, 1.807) is 24.3 Å². The van der Waals surface area contributed by atoms with Crippen LogP contribution in [0, 0.1) is 0 Å². The summed E-state index contributed by atoms with van der Waals surface area (Å²) in [5.74, 6) is 0.217. The van der Waals surface area contributed by atoms with Gasteiger partial charge in [-0.1, -0.05) is 28.8 Å². The van der Waals surface area contributed by atoms with Crippen LogP contribution in [0.2, 0.25) is 0 Å². The largest absolute Gasteiger partial charge is 0.314 e. The van der Waals surface area contributed by atoms with Crippen molar-refractivity contribution in [2.75, 3.05) is 12.3 Å². The Labute approximate surface area is 123 Å². The van der Waals surface area contributed by atoms with Gasteiger partial charge in [0, 0.05) is 10.5 Å². The number of rotatable bonds is 6. The average Bonchev–Trinajstić information content (AvgIpc) is 2.88. The monoisotopic (exact) mass is 345 g/mol. The molecule has 2 rings (SSSR count). The number of benzene rings is 1. The van der Waals surface area contributed by atoms with E-state index >= 15 is 0 Å². The molecule has 0 aromatic heterocycles. The van der Waals surface area contributed by atoms with Crippen molar-refractivity contribution in [3.8, 4) is 0 Å². The molecule has 3 nitrogen and oxygen atoms in total. The van der Waals surface area contributed by atoms with E-state index in [2.05, 4.69) is 21.2 Å². The van der Waals surface area contributed by atoms with E-state index in [-0.39, 0.29) is 5.75 Å². The van der Waals surface area contributed by atoms with E-state index in [4.69, 9.17) is 0 Å². The fourth-order valence-corrected chi connectivity index (χ4v) is 4.03. The lowest BCUT2D eigenvalue weighted by molar-refractivity contribution is 0.520. The normalized spacial score (nSPS) is 16.9. The third-order valence-electron chi connectivity index (χ3n) is 3.55. The smallest absolute Gasteiger partial charge is 0.178 e. The van der Waals surface area contributed by atoms with Gasteiger partial charge in [-0.15, -0.1) is 0 Å². The van der Waals surface area contributed by atoms with Crippen LogP contribution in [0.1, 0.15) is 32.1 Å². The minimum absolute atomic E-state index is 0.217. The fraction of sp³-hybridized carbons (Fsp3) is 0.571. The summed E-state index contributed by atoms with van der Waals surface area (Å²) in [4.78, 5) is 0.413. The summed E-state index contributed by atoms with van der Waals surface area (Å²) in [6.45, 7) is 0.792. The second-order valence-electron chi connectivity index (χ2n) is 5.06. The SMILES string of the molecule is O=S(=O)(CCCNC1CCCC1)c1ccc(Br)cc1. The van der Waals surface area contributed by atoms with Crippen molar-refractivity contribution in [2.24, 2.45) is 0 Å². The van der Waals surface area contributed by atoms with Crippen LogP contribution in [0.15, 0.2) is 33.6 Å². The second kappa shape index (κ2) is 6.86. The first kappa shape index (κ1) is 15.0. The summed E-state index contributed by atoms with van der Waals surface area (Å²) in [7, 11) is -3.13. The summed E-state index contributed by atoms with van der Waals surface area (Å²) in [6, 6.07) is 7.46. The molecular weight excluding hydrogens is 326 g/mol. The van der Waals surface area contributed by atoms with Gasteiger partial charge in [-0.25, -0.2) is 8.42 Å². The molecule has 0 bridgehead atoms. The Hall–Kier alpha value is -0.390. The summed E-state index contributed by atoms with van der Waals surface area (Å²) in [5.41, 5.74) is 0. The zero-order valence-electron chi connectivity index (χ0n) is 10.9. The first-order valence-corrected chi connectivity index (χ1v) is 9.24. The van der Waals surface area contributed by atoms with Crippen LogP contribution >= 0.6 is 15.9 Å². The fourth-order valence-electron chi connectivity index (χ4n) is 2.46. The van der Waals surface area contributed by atoms with Gasteiger partial charge >= 0.3 is 0 Å². The Kier molecular flexibility index (Phi) is 5.42. The Morgan fingerprint density at radius 3 is 2.42 bits per heavy atom. The van der Waals surface area contributed by atoms with Gasteiger partial charge in [-0.05, 0) is 50.1 Å². The molecule has 19 heavy (non-hydrogen) atoms. The van der Waals surface area contributed by atoms with E-state index < -0.39 is 9.84 Å². The Bertz CT molecular complexity index is 493. The predicted molar refractivity (Wildman–Crippen MR) is 81.1 cm³/mol. The van der Waals surface area contributed by atoms with E-state index in [1.807, 2.05) is 0 Å². The summed E-state index contributed by atoms with van der Waals surface area (Å²) in [6.07, 6.45) is 5.75. The Morgan fingerprint density at radius 2 is 1.79 bits per heavy atom. The Morgan fingerprint density at radius 1 is 1.16 bits per heavy atom. The molecule has 0 heterocycles. The molecular formula is C14H20BrNO2S. The molecule has 1 N–H and O–H groups in total. The Balaban J connectivity index is 1.79. The van der Waals surface area contributed by atoms with E-state index in [9.17, 15) is 8.42 Å². The molecule has 106 valence electrons. The quantitative estimate of drug-likeness (QED) is 0.805. The number of hydrogen-bond donors (Lipinski definition) is 1. The van der Waals surface area contributed by atoms with Crippen LogP contribution in [0.3, 0.4) is 0 Å². The molecule has 1 aromatic rings. The summed E-state index contributed by atoms with van der Waals surface area (Å²) in [5, 5.41) is 3.44. The molecule has 0 saturated heterocycles. The third-order valence-corrected chi connectivity index (χ3v) is 5.90. The van der Waals surface area contributed by atoms with Crippen molar-refractivity contribution in [3.05, 3.63) is 28.7 Å². The molecule has 1 saturated carbocycles. The van der Waals surface area contributed by atoms with Crippen molar-refractivity contribution < 1.29 is 8.42 Å². The van der Waals surface area contributed by atoms with E-state index in [0.717, 1.165) is 11.0 Å². The highest BCUT2D eigenvalue weighted by Gasteiger charge is 2.16. The van der Waals surface area contributed by atoms with Crippen LogP contribution < -0.4 is 5.32 Å². The highest BCUT2D eigenvalue weighted by atomic mass is 79.9. The topological polar surface area (TPSA) is 46.2 Å². The first-order valence-electron chi connectivity index (χ1n) is 6.80. The van der Waals surface area contributed by atoms with Gasteiger partial charge in [0.1, 0.15) is 0 Å². The number of halogens is 1. The van der Waals surface area contributed by atoms with Gasteiger partial charge in [0.05, 0.1) is 10.6 Å². The van der Waals surface area contributed by atoms with Crippen LogP contribution in [-0.4, -0.2) is 26.8 Å². The highest BCUT2D eigenvalue weighted by molar-refractivity contribution is 9.10. The van der Waals surface area contributed by atoms with Gasteiger partial charge in [-0.3, -0.25) is 0 Å². The molecule has 5 heteroatoms. The van der Waals surface area contributed by atoms with Crippen LogP contribution in [0.25, 0.3) is 0 Å². The number of sulfone groups is 1. The maximum absolute atomic E-state index is 12.1. The lowest BCUT2D eigenvalue weighted by Gasteiger charge is -2.11. The van der Waals surface area contributed by atoms with Gasteiger partial charge < -0.3 is 5.32 Å². The predicted octanol–water partition coefficient (Wildman–Crippen LogP) is 3.15. The van der Waals surface area contributed by atoms with Gasteiger partial charge in [0.15, 0.2) is 9.84 Å². The lowest BCUT2D eigenvalue weighted by atomic mass is 10.2. The number of nitrogens with one attached hydrogen (secondary N) is 1. The first-order chi connectivity index (χ1) is 9.08. The van der Waals surface area contributed by atoms with Crippen LogP contribution in [0.4, 0.5) is 0 Å². The maximum Gasteiger partial charge on any atom is 0.178 e. The second-order valence-corrected chi connectivity index (χ2v) is 8.09. The summed E-state index contributed by atoms with van der Waals surface area (Å²) >= 11 is 3.31. The van der Waals surface area contributed by atoms with Gasteiger partial charge in [0.25, 0.3) is 0 Å². The van der Waals surface area contributed by atoms with Crippen molar-refractivity contribution in [1.29, 1.82) is 0 Å². The molecule has 0 spiro atoms. The molecule has 1 aliphatic rings. The molecule has 0 aliphatic heterocycles.